The third kappa shape index (κ3) is 2.53. The van der Waals surface area contributed by atoms with Crippen LogP contribution in [0.1, 0.15) is 38.5 Å². The first-order valence-electron chi connectivity index (χ1n) is 6.27. The third-order valence-corrected chi connectivity index (χ3v) is 2.95. The van der Waals surface area contributed by atoms with Gasteiger partial charge in [-0.1, -0.05) is 13.8 Å². The quantitative estimate of drug-likeness (QED) is 0.865. The highest BCUT2D eigenvalue weighted by molar-refractivity contribution is 5.78. The van der Waals surface area contributed by atoms with E-state index in [1.165, 1.54) is 6.07 Å². The van der Waals surface area contributed by atoms with Crippen LogP contribution in [0.25, 0.3) is 11.0 Å². The van der Waals surface area contributed by atoms with Gasteiger partial charge in [0, 0.05) is 11.5 Å². The molecular formula is C14H17F2NO. The molecule has 98 valence electrons. The number of benzene rings is 1. The molecule has 1 atom stereocenters. The van der Waals surface area contributed by atoms with Crippen LogP contribution in [0.5, 0.6) is 0 Å². The summed E-state index contributed by atoms with van der Waals surface area (Å²) in [6, 6.07) is 3.88. The first-order chi connectivity index (χ1) is 8.65. The van der Waals surface area contributed by atoms with Gasteiger partial charge in [-0.05, 0) is 31.5 Å². The van der Waals surface area contributed by atoms with Gasteiger partial charge in [-0.2, -0.15) is 0 Å². The van der Waals surface area contributed by atoms with Gasteiger partial charge >= 0.3 is 0 Å². The molecule has 2 aromatic rings. The zero-order chi connectivity index (χ0) is 13.1. The second-order valence-electron chi connectivity index (χ2n) is 4.37. The van der Waals surface area contributed by atoms with Crippen LogP contribution in [0.2, 0.25) is 0 Å². The van der Waals surface area contributed by atoms with Crippen LogP contribution in [0.4, 0.5) is 8.78 Å². The second kappa shape index (κ2) is 5.48. The number of rotatable bonds is 5. The lowest BCUT2D eigenvalue weighted by molar-refractivity contribution is 0.415. The minimum atomic E-state index is -0.651. The van der Waals surface area contributed by atoms with Gasteiger partial charge in [-0.3, -0.25) is 0 Å². The zero-order valence-corrected chi connectivity index (χ0v) is 10.6. The Hall–Kier alpha value is -1.42. The molecule has 0 spiro atoms. The topological polar surface area (TPSA) is 25.2 Å². The van der Waals surface area contributed by atoms with E-state index in [1.54, 1.807) is 6.07 Å². The summed E-state index contributed by atoms with van der Waals surface area (Å²) in [4.78, 5) is 0. The molecule has 0 aliphatic heterocycles. The Balaban J connectivity index is 2.36. The Kier molecular flexibility index (Phi) is 3.97. The zero-order valence-electron chi connectivity index (χ0n) is 10.6. The molecule has 1 aromatic heterocycles. The first kappa shape index (κ1) is 13.0. The van der Waals surface area contributed by atoms with Crippen molar-refractivity contribution in [3.05, 3.63) is 35.6 Å². The summed E-state index contributed by atoms with van der Waals surface area (Å²) in [6.45, 7) is 4.97. The fourth-order valence-corrected chi connectivity index (χ4v) is 2.03. The minimum Gasteiger partial charge on any atom is -0.456 e. The van der Waals surface area contributed by atoms with Crippen LogP contribution in [0.15, 0.2) is 22.6 Å². The molecule has 2 nitrogen and oxygen atoms in total. The predicted molar refractivity (Wildman–Crippen MR) is 67.5 cm³/mol. The highest BCUT2D eigenvalue weighted by Crippen LogP contribution is 2.28. The van der Waals surface area contributed by atoms with Crippen LogP contribution in [0.3, 0.4) is 0 Å². The van der Waals surface area contributed by atoms with Crippen molar-refractivity contribution in [2.75, 3.05) is 6.54 Å². The minimum absolute atomic E-state index is 0.0415. The van der Waals surface area contributed by atoms with E-state index in [0.29, 0.717) is 11.1 Å². The van der Waals surface area contributed by atoms with Gasteiger partial charge in [0.05, 0.1) is 6.04 Å². The molecule has 1 unspecified atom stereocenters. The van der Waals surface area contributed by atoms with Gasteiger partial charge in [0.25, 0.3) is 0 Å². The van der Waals surface area contributed by atoms with E-state index in [-0.39, 0.29) is 11.6 Å². The number of hydrogen-bond acceptors (Lipinski definition) is 2. The molecule has 1 N–H and O–H groups in total. The number of nitrogens with one attached hydrogen (secondary N) is 1. The van der Waals surface area contributed by atoms with E-state index in [0.717, 1.165) is 25.5 Å². The lowest BCUT2D eigenvalue weighted by atomic mass is 10.1. The van der Waals surface area contributed by atoms with Crippen molar-refractivity contribution in [2.24, 2.45) is 0 Å². The lowest BCUT2D eigenvalue weighted by Gasteiger charge is -2.13. The molecule has 4 heteroatoms. The molecule has 1 heterocycles. The van der Waals surface area contributed by atoms with Crippen LogP contribution < -0.4 is 5.32 Å². The maximum atomic E-state index is 13.5. The second-order valence-corrected chi connectivity index (χ2v) is 4.37. The highest BCUT2D eigenvalue weighted by Gasteiger charge is 2.16. The van der Waals surface area contributed by atoms with Crippen molar-refractivity contribution in [2.45, 2.75) is 32.7 Å². The van der Waals surface area contributed by atoms with E-state index in [9.17, 15) is 8.78 Å². The summed E-state index contributed by atoms with van der Waals surface area (Å²) >= 11 is 0. The van der Waals surface area contributed by atoms with E-state index in [2.05, 4.69) is 12.2 Å². The van der Waals surface area contributed by atoms with Crippen LogP contribution >= 0.6 is 0 Å². The third-order valence-electron chi connectivity index (χ3n) is 2.95. The van der Waals surface area contributed by atoms with Crippen molar-refractivity contribution in [3.63, 3.8) is 0 Å². The summed E-state index contributed by atoms with van der Waals surface area (Å²) in [7, 11) is 0. The number of hydrogen-bond donors (Lipinski definition) is 1. The summed E-state index contributed by atoms with van der Waals surface area (Å²) in [6.07, 6.45) is 1.85. The van der Waals surface area contributed by atoms with Crippen molar-refractivity contribution in [1.82, 2.24) is 5.32 Å². The average Bonchev–Trinajstić information content (AvgIpc) is 2.74. The number of halogens is 2. The Bertz CT molecular complexity index is 536. The molecule has 0 radical (unpaired) electrons. The SMILES string of the molecule is CCCNC(CC)c1cc2cc(F)cc(F)c2o1. The summed E-state index contributed by atoms with van der Waals surface area (Å²) in [5.41, 5.74) is 0.128. The van der Waals surface area contributed by atoms with Crippen molar-refractivity contribution in [3.8, 4) is 0 Å². The average molecular weight is 253 g/mol. The van der Waals surface area contributed by atoms with Gasteiger partial charge in [-0.25, -0.2) is 8.78 Å². The normalized spacial score (nSPS) is 13.1. The summed E-state index contributed by atoms with van der Waals surface area (Å²) in [5.74, 6) is -0.575. The number of furan rings is 1. The van der Waals surface area contributed by atoms with Crippen LogP contribution in [-0.2, 0) is 0 Å². The lowest BCUT2D eigenvalue weighted by Crippen LogP contribution is -2.20. The van der Waals surface area contributed by atoms with Gasteiger partial charge < -0.3 is 9.73 Å². The molecule has 0 saturated heterocycles. The molecule has 0 saturated carbocycles. The molecule has 2 rings (SSSR count). The van der Waals surface area contributed by atoms with E-state index < -0.39 is 11.6 Å². The molecule has 0 fully saturated rings. The molecule has 0 aliphatic rings. The van der Waals surface area contributed by atoms with Gasteiger partial charge in [0.2, 0.25) is 0 Å². The summed E-state index contributed by atoms with van der Waals surface area (Å²) < 4.78 is 32.1. The standard InChI is InChI=1S/C14H17F2NO/c1-3-5-17-12(4-2)13-7-9-6-10(15)8-11(16)14(9)18-13/h6-8,12,17H,3-5H2,1-2H3. The maximum absolute atomic E-state index is 13.5. The molecule has 0 bridgehead atoms. The monoisotopic (exact) mass is 253 g/mol. The van der Waals surface area contributed by atoms with Crippen molar-refractivity contribution >= 4 is 11.0 Å². The smallest absolute Gasteiger partial charge is 0.170 e. The molecular weight excluding hydrogens is 236 g/mol. The molecule has 1 aromatic carbocycles. The van der Waals surface area contributed by atoms with Gasteiger partial charge in [0.15, 0.2) is 11.4 Å². The van der Waals surface area contributed by atoms with E-state index >= 15 is 0 Å². The van der Waals surface area contributed by atoms with Crippen molar-refractivity contribution < 1.29 is 13.2 Å². The number of fused-ring (bicyclic) bond motifs is 1. The van der Waals surface area contributed by atoms with Crippen LogP contribution in [0, 0.1) is 11.6 Å². The maximum Gasteiger partial charge on any atom is 0.170 e. The van der Waals surface area contributed by atoms with Gasteiger partial charge in [0.1, 0.15) is 11.6 Å². The Morgan fingerprint density at radius 2 is 2.00 bits per heavy atom. The fraction of sp³-hybridized carbons (Fsp3) is 0.429. The first-order valence-corrected chi connectivity index (χ1v) is 6.27. The largest absolute Gasteiger partial charge is 0.456 e. The van der Waals surface area contributed by atoms with Crippen LogP contribution in [-0.4, -0.2) is 6.54 Å². The van der Waals surface area contributed by atoms with E-state index in [4.69, 9.17) is 4.42 Å². The Morgan fingerprint density at radius 1 is 1.22 bits per heavy atom. The summed E-state index contributed by atoms with van der Waals surface area (Å²) in [5, 5.41) is 3.79. The molecule has 0 amide bonds. The van der Waals surface area contributed by atoms with E-state index in [1.807, 2.05) is 6.92 Å². The Labute approximate surface area is 105 Å². The van der Waals surface area contributed by atoms with Gasteiger partial charge in [-0.15, -0.1) is 0 Å². The fourth-order valence-electron chi connectivity index (χ4n) is 2.03. The Morgan fingerprint density at radius 3 is 2.67 bits per heavy atom. The highest BCUT2D eigenvalue weighted by atomic mass is 19.1. The van der Waals surface area contributed by atoms with Crippen molar-refractivity contribution in [1.29, 1.82) is 0 Å². The molecule has 0 aliphatic carbocycles. The predicted octanol–water partition coefficient (Wildman–Crippen LogP) is 4.16. The molecule has 18 heavy (non-hydrogen) atoms.